The minimum Gasteiger partial charge on any atom is -0.496 e. The summed E-state index contributed by atoms with van der Waals surface area (Å²) in [4.78, 5) is 24.5. The second-order valence-corrected chi connectivity index (χ2v) is 7.44. The number of methoxy groups -OCH3 is 1. The van der Waals surface area contributed by atoms with Crippen LogP contribution in [0, 0.1) is 0 Å². The molecule has 0 saturated carbocycles. The average Bonchev–Trinajstić information content (AvgIpc) is 2.94. The predicted octanol–water partition coefficient (Wildman–Crippen LogP) is 4.55. The summed E-state index contributed by atoms with van der Waals surface area (Å²) in [6.07, 6.45) is 2.93. The molecule has 0 aliphatic rings. The molecule has 0 saturated heterocycles. The minimum atomic E-state index is -0.129. The van der Waals surface area contributed by atoms with Gasteiger partial charge in [0.2, 0.25) is 0 Å². The lowest BCUT2D eigenvalue weighted by atomic mass is 10.1. The number of benzene rings is 2. The van der Waals surface area contributed by atoms with E-state index in [-0.39, 0.29) is 11.7 Å². The monoisotopic (exact) mass is 430 g/mol. The Morgan fingerprint density at radius 3 is 2.59 bits per heavy atom. The average molecular weight is 431 g/mol. The molecule has 27 heavy (non-hydrogen) atoms. The molecule has 0 amide bonds. The van der Waals surface area contributed by atoms with Crippen LogP contribution in [0.4, 0.5) is 0 Å². The van der Waals surface area contributed by atoms with Crippen molar-refractivity contribution < 1.29 is 9.53 Å². The van der Waals surface area contributed by atoms with Crippen molar-refractivity contribution in [2.75, 3.05) is 7.11 Å². The second-order valence-electron chi connectivity index (χ2n) is 6.53. The van der Waals surface area contributed by atoms with Gasteiger partial charge in [0.05, 0.1) is 24.7 Å². The van der Waals surface area contributed by atoms with Crippen LogP contribution in [0.5, 0.6) is 5.75 Å². The molecule has 0 spiro atoms. The van der Waals surface area contributed by atoms with E-state index < -0.39 is 0 Å². The molecule has 2 aromatic carbocycles. The fraction of sp³-hybridized carbons (Fsp3) is 0.333. The number of imidazole rings is 1. The molecular weight excluding hydrogens is 408 g/mol. The molecule has 6 heteroatoms. The van der Waals surface area contributed by atoms with E-state index in [1.807, 2.05) is 42.5 Å². The first-order valence-corrected chi connectivity index (χ1v) is 9.85. The van der Waals surface area contributed by atoms with Crippen molar-refractivity contribution in [3.63, 3.8) is 0 Å². The third-order valence-corrected chi connectivity index (χ3v) is 5.29. The molecule has 3 aromatic rings. The number of hydrogen-bond donors (Lipinski definition) is 0. The van der Waals surface area contributed by atoms with Crippen LogP contribution in [0.1, 0.15) is 37.8 Å². The number of nitrogens with zero attached hydrogens (tertiary/aromatic N) is 2. The number of carbonyl (C=O) groups excluding carboxylic acids is 1. The lowest BCUT2D eigenvalue weighted by Gasteiger charge is -2.15. The van der Waals surface area contributed by atoms with Crippen LogP contribution >= 0.6 is 15.9 Å². The lowest BCUT2D eigenvalue weighted by molar-refractivity contribution is -0.108. The fourth-order valence-electron chi connectivity index (χ4n) is 3.58. The van der Waals surface area contributed by atoms with Crippen LogP contribution in [0.3, 0.4) is 0 Å². The molecule has 0 aliphatic carbocycles. The van der Waals surface area contributed by atoms with Crippen molar-refractivity contribution >= 4 is 33.2 Å². The maximum Gasteiger partial charge on any atom is 0.329 e. The highest BCUT2D eigenvalue weighted by Gasteiger charge is 2.20. The van der Waals surface area contributed by atoms with Gasteiger partial charge in [-0.1, -0.05) is 41.4 Å². The first kappa shape index (κ1) is 19.4. The predicted molar refractivity (Wildman–Crippen MR) is 111 cm³/mol. The van der Waals surface area contributed by atoms with Gasteiger partial charge < -0.3 is 9.53 Å². The summed E-state index contributed by atoms with van der Waals surface area (Å²) in [6, 6.07) is 13.4. The number of aromatic nitrogens is 2. The number of ether oxygens (including phenoxy) is 1. The van der Waals surface area contributed by atoms with E-state index in [1.54, 1.807) is 16.2 Å². The summed E-state index contributed by atoms with van der Waals surface area (Å²) >= 11 is 3.49. The number of carbonyl (C=O) groups is 1. The first-order chi connectivity index (χ1) is 13.1. The summed E-state index contributed by atoms with van der Waals surface area (Å²) < 4.78 is 9.93. The fourth-order valence-corrected chi connectivity index (χ4v) is 3.98. The largest absolute Gasteiger partial charge is 0.496 e. The Balaban J connectivity index is 2.17. The van der Waals surface area contributed by atoms with E-state index in [2.05, 4.69) is 22.9 Å². The Labute approximate surface area is 166 Å². The second kappa shape index (κ2) is 8.57. The van der Waals surface area contributed by atoms with E-state index in [0.29, 0.717) is 13.0 Å². The van der Waals surface area contributed by atoms with E-state index >= 15 is 0 Å². The number of hydrogen-bond acceptors (Lipinski definition) is 3. The van der Waals surface area contributed by atoms with Crippen molar-refractivity contribution in [2.45, 2.75) is 38.8 Å². The molecule has 0 N–H and O–H groups in total. The Bertz CT molecular complexity index is 1010. The number of aldehydes is 1. The van der Waals surface area contributed by atoms with Crippen molar-refractivity contribution in [3.8, 4) is 5.75 Å². The molecule has 3 rings (SSSR count). The number of rotatable bonds is 8. The molecule has 0 radical (unpaired) electrons. The highest BCUT2D eigenvalue weighted by atomic mass is 79.9. The van der Waals surface area contributed by atoms with Crippen molar-refractivity contribution in [3.05, 3.63) is 63.0 Å². The third kappa shape index (κ3) is 3.86. The van der Waals surface area contributed by atoms with E-state index in [4.69, 9.17) is 4.74 Å². The third-order valence-electron chi connectivity index (χ3n) is 4.80. The van der Waals surface area contributed by atoms with Crippen molar-refractivity contribution in [1.29, 1.82) is 0 Å². The van der Waals surface area contributed by atoms with Gasteiger partial charge in [0, 0.05) is 22.5 Å². The highest BCUT2D eigenvalue weighted by Crippen LogP contribution is 2.26. The summed E-state index contributed by atoms with van der Waals surface area (Å²) in [6.45, 7) is 2.46. The summed E-state index contributed by atoms with van der Waals surface area (Å²) in [5, 5.41) is 0. The smallest absolute Gasteiger partial charge is 0.329 e. The van der Waals surface area contributed by atoms with Crippen LogP contribution in [0.15, 0.2) is 51.7 Å². The van der Waals surface area contributed by atoms with Gasteiger partial charge >= 0.3 is 5.69 Å². The Kier molecular flexibility index (Phi) is 6.16. The highest BCUT2D eigenvalue weighted by molar-refractivity contribution is 9.10. The van der Waals surface area contributed by atoms with Crippen LogP contribution in [0.25, 0.3) is 11.0 Å². The molecule has 142 valence electrons. The van der Waals surface area contributed by atoms with Gasteiger partial charge in [-0.25, -0.2) is 4.79 Å². The molecule has 1 unspecified atom stereocenters. The van der Waals surface area contributed by atoms with E-state index in [9.17, 15) is 9.59 Å². The zero-order valence-electron chi connectivity index (χ0n) is 15.5. The molecule has 1 aromatic heterocycles. The van der Waals surface area contributed by atoms with Gasteiger partial charge in [-0.15, -0.1) is 0 Å². The molecule has 0 bridgehead atoms. The van der Waals surface area contributed by atoms with Crippen LogP contribution in [-0.2, 0) is 11.3 Å². The van der Waals surface area contributed by atoms with Crippen LogP contribution in [0.2, 0.25) is 0 Å². The number of halogens is 1. The van der Waals surface area contributed by atoms with Gasteiger partial charge in [0.1, 0.15) is 12.0 Å². The summed E-state index contributed by atoms with van der Waals surface area (Å²) in [7, 11) is 1.63. The van der Waals surface area contributed by atoms with Crippen molar-refractivity contribution in [1.82, 2.24) is 9.13 Å². The maximum absolute atomic E-state index is 13.3. The Morgan fingerprint density at radius 2 is 1.93 bits per heavy atom. The van der Waals surface area contributed by atoms with E-state index in [0.717, 1.165) is 45.9 Å². The minimum absolute atomic E-state index is 0.0986. The zero-order chi connectivity index (χ0) is 19.4. The zero-order valence-corrected chi connectivity index (χ0v) is 17.1. The van der Waals surface area contributed by atoms with Crippen LogP contribution < -0.4 is 10.4 Å². The van der Waals surface area contributed by atoms with Gasteiger partial charge in [0.25, 0.3) is 0 Å². The van der Waals surface area contributed by atoms with Gasteiger partial charge in [-0.3, -0.25) is 9.13 Å². The Morgan fingerprint density at radius 1 is 1.19 bits per heavy atom. The molecule has 1 heterocycles. The number of fused-ring (bicyclic) bond motifs is 1. The molecule has 0 fully saturated rings. The normalized spacial score (nSPS) is 12.3. The quantitative estimate of drug-likeness (QED) is 0.492. The maximum atomic E-state index is 13.3. The van der Waals surface area contributed by atoms with Crippen LogP contribution in [-0.4, -0.2) is 22.5 Å². The molecule has 0 aliphatic heterocycles. The van der Waals surface area contributed by atoms with E-state index in [1.165, 1.54) is 0 Å². The summed E-state index contributed by atoms with van der Waals surface area (Å²) in [5.41, 5.74) is 2.53. The molecule has 5 nitrogen and oxygen atoms in total. The Hall–Kier alpha value is -2.34. The number of para-hydroxylation sites is 2. The topological polar surface area (TPSA) is 53.2 Å². The molecular formula is C21H23BrN2O3. The van der Waals surface area contributed by atoms with Gasteiger partial charge in [-0.2, -0.15) is 0 Å². The lowest BCUT2D eigenvalue weighted by Crippen LogP contribution is -2.28. The van der Waals surface area contributed by atoms with Gasteiger partial charge in [-0.05, 0) is 36.8 Å². The first-order valence-electron chi connectivity index (χ1n) is 9.06. The molecule has 1 atom stereocenters. The summed E-state index contributed by atoms with van der Waals surface area (Å²) in [5.74, 6) is 0.736. The SMILES string of the molecule is CCCC(CC=O)n1c(=O)n(Cc2cc(Br)ccc2OC)c2ccccc21. The van der Waals surface area contributed by atoms with Crippen molar-refractivity contribution in [2.24, 2.45) is 0 Å². The van der Waals surface area contributed by atoms with Gasteiger partial charge in [0.15, 0.2) is 0 Å². The standard InChI is InChI=1S/C21H23BrN2O3/c1-3-6-17(11-12-25)24-19-8-5-4-7-18(19)23(21(24)26)14-15-13-16(22)9-10-20(15)27-2/h4-5,7-10,12-13,17H,3,6,11,14H2,1-2H3.